The molecule has 0 radical (unpaired) electrons. The van der Waals surface area contributed by atoms with Gasteiger partial charge in [-0.15, -0.1) is 0 Å². The number of aromatic hydroxyl groups is 1. The molecule has 2 unspecified atom stereocenters. The number of hydrogen-bond acceptors (Lipinski definition) is 9. The fourth-order valence-electron chi connectivity index (χ4n) is 8.01. The molecule has 4 heterocycles. The van der Waals surface area contributed by atoms with E-state index in [1.807, 2.05) is 36.4 Å². The number of esters is 1. The number of hydrogen-bond donors (Lipinski definition) is 6. The molecule has 0 saturated carbocycles. The number of piperidine rings is 3. The van der Waals surface area contributed by atoms with Crippen molar-refractivity contribution in [3.63, 3.8) is 0 Å². The lowest BCUT2D eigenvalue weighted by molar-refractivity contribution is -0.167. The van der Waals surface area contributed by atoms with Crippen LogP contribution in [0, 0.1) is 5.92 Å². The summed E-state index contributed by atoms with van der Waals surface area (Å²) in [6.45, 7) is 4.86. The second kappa shape index (κ2) is 15.4. The topological polar surface area (TPSA) is 156 Å². The van der Waals surface area contributed by atoms with Crippen molar-refractivity contribution >= 4 is 22.8 Å². The Kier molecular flexibility index (Phi) is 10.5. The van der Waals surface area contributed by atoms with E-state index in [1.54, 1.807) is 18.2 Å². The molecule has 51 heavy (non-hydrogen) atoms. The van der Waals surface area contributed by atoms with E-state index < -0.39 is 11.6 Å². The molecule has 11 heteroatoms. The van der Waals surface area contributed by atoms with Gasteiger partial charge in [0.05, 0.1) is 11.6 Å². The molecule has 8 rings (SSSR count). The Balaban J connectivity index is 0.888. The summed E-state index contributed by atoms with van der Waals surface area (Å²) in [4.78, 5) is 43.8. The van der Waals surface area contributed by atoms with Gasteiger partial charge in [-0.3, -0.25) is 19.8 Å². The fraction of sp³-hybridized carbons (Fsp3) is 0.425. The van der Waals surface area contributed by atoms with E-state index in [0.717, 1.165) is 62.9 Å². The van der Waals surface area contributed by atoms with Crippen LogP contribution in [-0.2, 0) is 28.0 Å². The molecule has 3 saturated heterocycles. The summed E-state index contributed by atoms with van der Waals surface area (Å²) in [6, 6.07) is 21.7. The molecule has 3 aromatic carbocycles. The third-order valence-corrected chi connectivity index (χ3v) is 10.9. The Morgan fingerprint density at radius 1 is 1.00 bits per heavy atom. The van der Waals surface area contributed by atoms with Crippen molar-refractivity contribution in [2.24, 2.45) is 5.92 Å². The zero-order valence-electron chi connectivity index (χ0n) is 28.8. The van der Waals surface area contributed by atoms with Gasteiger partial charge in [0.2, 0.25) is 5.56 Å². The molecule has 3 atom stereocenters. The first-order valence-electron chi connectivity index (χ1n) is 18.2. The van der Waals surface area contributed by atoms with Gasteiger partial charge in [-0.25, -0.2) is 4.79 Å². The second-order valence-electron chi connectivity index (χ2n) is 14.2. The van der Waals surface area contributed by atoms with E-state index in [0.29, 0.717) is 60.5 Å². The zero-order chi connectivity index (χ0) is 35.4. The SMILES string of the molecule is O=C(NCCCCNCC(O)c1ccc(O)c2[nH]c(=O)ccc12)c1cccc(CN[C@]2(C(=O)OC3CN4CCC3CC4)CCc3ccccc32)c1. The van der Waals surface area contributed by atoms with Crippen molar-refractivity contribution in [2.75, 3.05) is 39.3 Å². The summed E-state index contributed by atoms with van der Waals surface area (Å²) >= 11 is 0. The maximum Gasteiger partial charge on any atom is 0.331 e. The molecule has 4 aliphatic rings. The summed E-state index contributed by atoms with van der Waals surface area (Å²) in [5.41, 5.74) is 3.30. The Hall–Kier alpha value is -4.55. The molecule has 0 spiro atoms. The third kappa shape index (κ3) is 7.57. The summed E-state index contributed by atoms with van der Waals surface area (Å²) in [6.07, 6.45) is 4.25. The zero-order valence-corrected chi connectivity index (χ0v) is 28.8. The predicted octanol–water partition coefficient (Wildman–Crippen LogP) is 3.64. The molecule has 3 aliphatic heterocycles. The molecule has 4 aromatic rings. The number of aromatic amines is 1. The van der Waals surface area contributed by atoms with E-state index in [-0.39, 0.29) is 29.3 Å². The lowest BCUT2D eigenvalue weighted by Gasteiger charge is -2.45. The first kappa shape index (κ1) is 34.9. The van der Waals surface area contributed by atoms with Crippen LogP contribution in [-0.4, -0.2) is 77.3 Å². The van der Waals surface area contributed by atoms with E-state index in [4.69, 9.17) is 4.74 Å². The highest BCUT2D eigenvalue weighted by molar-refractivity contribution is 5.94. The number of carbonyl (C=O) groups is 2. The average Bonchev–Trinajstić information content (AvgIpc) is 3.54. The standard InChI is InChI=1S/C40H47N5O6/c46-33-12-10-30(31-11-13-36(48)44-37(31)33)34(47)24-41-18-3-4-19-42-38(49)29-8-5-6-26(22-29)23-43-40(17-14-27-7-1-2-9-32(27)40)39(50)51-35-25-45-20-15-28(35)16-21-45/h1-2,5-13,22,28,34-35,41,43,46-47H,3-4,14-21,23-25H2,(H,42,49)(H,44,48)/t34?,35?,40-/m1/s1. The molecular weight excluding hydrogens is 646 g/mol. The first-order valence-corrected chi connectivity index (χ1v) is 18.2. The van der Waals surface area contributed by atoms with E-state index in [9.17, 15) is 24.6 Å². The minimum absolute atomic E-state index is 0.0441. The number of aliphatic hydroxyl groups is 1. The van der Waals surface area contributed by atoms with Crippen LogP contribution in [0.5, 0.6) is 5.75 Å². The number of phenolic OH excluding ortho intramolecular Hbond substituents is 1. The maximum atomic E-state index is 14.0. The molecule has 268 valence electrons. The van der Waals surface area contributed by atoms with Gasteiger partial charge in [0.25, 0.3) is 5.91 Å². The maximum absolute atomic E-state index is 14.0. The lowest BCUT2D eigenvalue weighted by Crippen LogP contribution is -2.55. The molecule has 2 bridgehead atoms. The number of nitrogens with one attached hydrogen (secondary N) is 4. The second-order valence-corrected chi connectivity index (χ2v) is 14.2. The number of aromatic nitrogens is 1. The van der Waals surface area contributed by atoms with Crippen molar-refractivity contribution in [1.29, 1.82) is 0 Å². The molecule has 6 N–H and O–H groups in total. The van der Waals surface area contributed by atoms with Gasteiger partial charge in [0, 0.05) is 43.2 Å². The van der Waals surface area contributed by atoms with Crippen molar-refractivity contribution < 1.29 is 24.5 Å². The Morgan fingerprint density at radius 3 is 2.65 bits per heavy atom. The number of pyridine rings is 1. The lowest BCUT2D eigenvalue weighted by atomic mass is 9.85. The summed E-state index contributed by atoms with van der Waals surface area (Å²) in [5.74, 6) is 0.0347. The van der Waals surface area contributed by atoms with Gasteiger partial charge >= 0.3 is 5.97 Å². The number of aliphatic hydroxyl groups excluding tert-OH is 1. The number of benzene rings is 3. The number of phenols is 1. The van der Waals surface area contributed by atoms with Crippen LogP contribution in [0.1, 0.15) is 70.8 Å². The smallest absolute Gasteiger partial charge is 0.331 e. The quantitative estimate of drug-likeness (QED) is 0.0858. The number of rotatable bonds is 14. The van der Waals surface area contributed by atoms with E-state index >= 15 is 0 Å². The molecule has 1 aromatic heterocycles. The summed E-state index contributed by atoms with van der Waals surface area (Å²) in [7, 11) is 0. The number of nitrogens with zero attached hydrogens (tertiary/aromatic N) is 1. The number of ether oxygens (including phenoxy) is 1. The van der Waals surface area contributed by atoms with Crippen molar-refractivity contribution in [3.8, 4) is 5.75 Å². The van der Waals surface area contributed by atoms with Crippen LogP contribution >= 0.6 is 0 Å². The monoisotopic (exact) mass is 693 g/mol. The van der Waals surface area contributed by atoms with E-state index in [1.165, 1.54) is 17.7 Å². The minimum Gasteiger partial charge on any atom is -0.506 e. The van der Waals surface area contributed by atoms with Gasteiger partial charge in [-0.05, 0) is 111 Å². The van der Waals surface area contributed by atoms with Crippen LogP contribution in [0.3, 0.4) is 0 Å². The molecule has 1 aliphatic carbocycles. The summed E-state index contributed by atoms with van der Waals surface area (Å²) in [5, 5.41) is 31.3. The first-order chi connectivity index (χ1) is 24.8. The van der Waals surface area contributed by atoms with Crippen LogP contribution in [0.2, 0.25) is 0 Å². The number of unbranched alkanes of at least 4 members (excludes halogenated alkanes) is 1. The Morgan fingerprint density at radius 2 is 1.82 bits per heavy atom. The predicted molar refractivity (Wildman–Crippen MR) is 194 cm³/mol. The summed E-state index contributed by atoms with van der Waals surface area (Å²) < 4.78 is 6.31. The van der Waals surface area contributed by atoms with Crippen LogP contribution in [0.4, 0.5) is 0 Å². The van der Waals surface area contributed by atoms with Crippen LogP contribution < -0.4 is 21.5 Å². The van der Waals surface area contributed by atoms with Crippen molar-refractivity contribution in [2.45, 2.75) is 62.8 Å². The fourth-order valence-corrected chi connectivity index (χ4v) is 8.01. The highest BCUT2D eigenvalue weighted by Crippen LogP contribution is 2.40. The third-order valence-electron chi connectivity index (χ3n) is 10.9. The largest absolute Gasteiger partial charge is 0.506 e. The van der Waals surface area contributed by atoms with Crippen molar-refractivity contribution in [1.82, 2.24) is 25.8 Å². The van der Waals surface area contributed by atoms with E-state index in [2.05, 4.69) is 31.9 Å². The van der Waals surface area contributed by atoms with Crippen molar-refractivity contribution in [3.05, 3.63) is 111 Å². The number of fused-ring (bicyclic) bond motifs is 5. The van der Waals surface area contributed by atoms with Gasteiger partial charge in [0.1, 0.15) is 17.4 Å². The number of aryl methyl sites for hydroxylation is 1. The number of H-pyrrole nitrogens is 1. The highest BCUT2D eigenvalue weighted by Gasteiger charge is 2.48. The van der Waals surface area contributed by atoms with Gasteiger partial charge in [-0.1, -0.05) is 42.5 Å². The Labute approximate surface area is 297 Å². The number of carbonyl (C=O) groups excluding carboxylic acids is 2. The molecule has 3 fully saturated rings. The average molecular weight is 694 g/mol. The molecule has 11 nitrogen and oxygen atoms in total. The van der Waals surface area contributed by atoms with Gasteiger partial charge < -0.3 is 30.6 Å². The van der Waals surface area contributed by atoms with Gasteiger partial charge in [-0.2, -0.15) is 0 Å². The van der Waals surface area contributed by atoms with Crippen LogP contribution in [0.25, 0.3) is 10.9 Å². The minimum atomic E-state index is -0.927. The molecule has 1 amide bonds. The number of amides is 1. The van der Waals surface area contributed by atoms with Gasteiger partial charge in [0.15, 0.2) is 0 Å². The highest BCUT2D eigenvalue weighted by atomic mass is 16.5. The Bertz CT molecular complexity index is 1940. The normalized spacial score (nSPS) is 22.8. The van der Waals surface area contributed by atoms with Crippen LogP contribution in [0.15, 0.2) is 77.6 Å². The molecular formula is C40H47N5O6.